The van der Waals surface area contributed by atoms with Crippen LogP contribution in [-0.4, -0.2) is 29.1 Å². The van der Waals surface area contributed by atoms with Crippen molar-refractivity contribution in [2.75, 3.05) is 19.6 Å². The molecule has 1 aromatic heterocycles. The van der Waals surface area contributed by atoms with Crippen LogP contribution in [0.2, 0.25) is 0 Å². The molecule has 0 radical (unpaired) electrons. The Morgan fingerprint density at radius 3 is 2.22 bits per heavy atom. The average molecular weight is 308 g/mol. The van der Waals surface area contributed by atoms with Crippen molar-refractivity contribution in [3.8, 4) is 0 Å². The Bertz CT molecular complexity index is 632. The maximum atomic E-state index is 2.59. The number of rotatable bonds is 6. The Morgan fingerprint density at radius 1 is 0.870 bits per heavy atom. The largest absolute Gasteiger partial charge is 0.349 e. The molecule has 23 heavy (non-hydrogen) atoms. The topological polar surface area (TPSA) is 8.17 Å². The molecule has 0 unspecified atom stereocenters. The summed E-state index contributed by atoms with van der Waals surface area (Å²) in [5, 5.41) is 0. The standard InChI is InChI=1S/C21H28N2/c1-18-10-11-19(2)23(18)15-7-6-14-22-16-12-21(13-17-22)20-8-4-3-5-9-20/h3-5,8-12H,6-7,13-17H2,1-2H3. The maximum absolute atomic E-state index is 2.59. The number of nitrogens with zero attached hydrogens (tertiary/aromatic N) is 2. The van der Waals surface area contributed by atoms with Gasteiger partial charge in [-0.15, -0.1) is 0 Å². The lowest BCUT2D eigenvalue weighted by atomic mass is 9.99. The van der Waals surface area contributed by atoms with Crippen molar-refractivity contribution >= 4 is 5.57 Å². The van der Waals surface area contributed by atoms with Gasteiger partial charge in [-0.05, 0) is 62.9 Å². The zero-order valence-corrected chi connectivity index (χ0v) is 14.5. The van der Waals surface area contributed by atoms with Crippen LogP contribution in [0.15, 0.2) is 48.5 Å². The fourth-order valence-electron chi connectivity index (χ4n) is 3.49. The highest BCUT2D eigenvalue weighted by Crippen LogP contribution is 2.22. The van der Waals surface area contributed by atoms with E-state index in [2.05, 4.69) is 71.9 Å². The van der Waals surface area contributed by atoms with E-state index in [1.807, 2.05) is 0 Å². The summed E-state index contributed by atoms with van der Waals surface area (Å²) in [5.74, 6) is 0. The van der Waals surface area contributed by atoms with Gasteiger partial charge in [0.25, 0.3) is 0 Å². The molecule has 0 atom stereocenters. The second-order valence-electron chi connectivity index (χ2n) is 6.62. The number of unbranched alkanes of at least 4 members (excludes halogenated alkanes) is 1. The van der Waals surface area contributed by atoms with Crippen molar-refractivity contribution in [3.63, 3.8) is 0 Å². The van der Waals surface area contributed by atoms with Gasteiger partial charge in [0.1, 0.15) is 0 Å². The van der Waals surface area contributed by atoms with Gasteiger partial charge in [0.2, 0.25) is 0 Å². The van der Waals surface area contributed by atoms with E-state index in [4.69, 9.17) is 0 Å². The summed E-state index contributed by atoms with van der Waals surface area (Å²) < 4.78 is 2.43. The lowest BCUT2D eigenvalue weighted by molar-refractivity contribution is 0.292. The number of aryl methyl sites for hydroxylation is 2. The van der Waals surface area contributed by atoms with Gasteiger partial charge in [0.05, 0.1) is 0 Å². The van der Waals surface area contributed by atoms with E-state index in [0.29, 0.717) is 0 Å². The van der Waals surface area contributed by atoms with E-state index in [1.165, 1.54) is 54.9 Å². The molecule has 0 saturated carbocycles. The summed E-state index contributed by atoms with van der Waals surface area (Å²) in [6.07, 6.45) is 6.15. The first-order valence-corrected chi connectivity index (χ1v) is 8.83. The Kier molecular flexibility index (Phi) is 5.35. The van der Waals surface area contributed by atoms with Gasteiger partial charge in [-0.25, -0.2) is 0 Å². The molecule has 122 valence electrons. The van der Waals surface area contributed by atoms with Crippen LogP contribution in [0.25, 0.3) is 5.57 Å². The van der Waals surface area contributed by atoms with Crippen LogP contribution in [0.3, 0.4) is 0 Å². The van der Waals surface area contributed by atoms with Gasteiger partial charge in [-0.1, -0.05) is 36.4 Å². The fraction of sp³-hybridized carbons (Fsp3) is 0.429. The van der Waals surface area contributed by atoms with E-state index in [1.54, 1.807) is 0 Å². The molecule has 0 spiro atoms. The van der Waals surface area contributed by atoms with Crippen LogP contribution >= 0.6 is 0 Å². The van der Waals surface area contributed by atoms with Gasteiger partial charge in [-0.2, -0.15) is 0 Å². The molecule has 2 heterocycles. The highest BCUT2D eigenvalue weighted by Gasteiger charge is 2.12. The molecule has 0 aliphatic carbocycles. The van der Waals surface area contributed by atoms with E-state index in [0.717, 1.165) is 13.1 Å². The summed E-state index contributed by atoms with van der Waals surface area (Å²) in [6.45, 7) is 9.08. The van der Waals surface area contributed by atoms with Gasteiger partial charge in [0, 0.05) is 31.0 Å². The summed E-state index contributed by atoms with van der Waals surface area (Å²) in [5.41, 5.74) is 5.68. The van der Waals surface area contributed by atoms with Crippen molar-refractivity contribution in [2.45, 2.75) is 39.7 Å². The summed E-state index contributed by atoms with van der Waals surface area (Å²) in [7, 11) is 0. The lowest BCUT2D eigenvalue weighted by Gasteiger charge is -2.26. The number of hydrogen-bond donors (Lipinski definition) is 0. The monoisotopic (exact) mass is 308 g/mol. The van der Waals surface area contributed by atoms with E-state index in [9.17, 15) is 0 Å². The minimum atomic E-state index is 1.10. The zero-order chi connectivity index (χ0) is 16.1. The third-order valence-corrected chi connectivity index (χ3v) is 4.96. The molecule has 1 aromatic carbocycles. The molecular formula is C21H28N2. The maximum Gasteiger partial charge on any atom is 0.0225 e. The quantitative estimate of drug-likeness (QED) is 0.704. The second-order valence-corrected chi connectivity index (χ2v) is 6.62. The first kappa shape index (κ1) is 16.1. The minimum Gasteiger partial charge on any atom is -0.349 e. The van der Waals surface area contributed by atoms with Crippen molar-refractivity contribution in [3.05, 3.63) is 65.5 Å². The SMILES string of the molecule is Cc1ccc(C)n1CCCCN1CC=C(c2ccccc2)CC1. The third kappa shape index (κ3) is 4.14. The molecule has 1 aliphatic rings. The number of benzene rings is 1. The molecular weight excluding hydrogens is 280 g/mol. The molecule has 0 bridgehead atoms. The Labute approximate surface area is 140 Å². The highest BCUT2D eigenvalue weighted by molar-refractivity contribution is 5.66. The summed E-state index contributed by atoms with van der Waals surface area (Å²) >= 11 is 0. The van der Waals surface area contributed by atoms with Crippen LogP contribution in [0.5, 0.6) is 0 Å². The molecule has 2 nitrogen and oxygen atoms in total. The van der Waals surface area contributed by atoms with Crippen molar-refractivity contribution in [1.29, 1.82) is 0 Å². The van der Waals surface area contributed by atoms with Crippen LogP contribution in [0, 0.1) is 13.8 Å². The average Bonchev–Trinajstić information content (AvgIpc) is 2.92. The molecule has 1 aliphatic heterocycles. The second kappa shape index (κ2) is 7.65. The van der Waals surface area contributed by atoms with Gasteiger partial charge in [0.15, 0.2) is 0 Å². The van der Waals surface area contributed by atoms with Gasteiger partial charge in [-0.3, -0.25) is 4.90 Å². The number of hydrogen-bond acceptors (Lipinski definition) is 1. The minimum absolute atomic E-state index is 1.10. The van der Waals surface area contributed by atoms with Crippen LogP contribution < -0.4 is 0 Å². The van der Waals surface area contributed by atoms with E-state index in [-0.39, 0.29) is 0 Å². The normalized spacial score (nSPS) is 15.7. The smallest absolute Gasteiger partial charge is 0.0225 e. The number of aromatic nitrogens is 1. The highest BCUT2D eigenvalue weighted by atomic mass is 15.1. The third-order valence-electron chi connectivity index (χ3n) is 4.96. The molecule has 3 rings (SSSR count). The summed E-state index contributed by atoms with van der Waals surface area (Å²) in [4.78, 5) is 2.59. The van der Waals surface area contributed by atoms with Gasteiger partial charge < -0.3 is 4.57 Å². The fourth-order valence-corrected chi connectivity index (χ4v) is 3.49. The van der Waals surface area contributed by atoms with Crippen molar-refractivity contribution in [2.24, 2.45) is 0 Å². The Balaban J connectivity index is 1.42. The Hall–Kier alpha value is -1.80. The van der Waals surface area contributed by atoms with Crippen molar-refractivity contribution < 1.29 is 0 Å². The zero-order valence-electron chi connectivity index (χ0n) is 14.5. The first-order valence-electron chi connectivity index (χ1n) is 8.83. The summed E-state index contributed by atoms with van der Waals surface area (Å²) in [6, 6.07) is 15.2. The van der Waals surface area contributed by atoms with Crippen LogP contribution in [0.1, 0.15) is 36.2 Å². The predicted octanol–water partition coefficient (Wildman–Crippen LogP) is 4.67. The molecule has 0 fully saturated rings. The molecule has 0 saturated heterocycles. The molecule has 2 aromatic rings. The van der Waals surface area contributed by atoms with Crippen molar-refractivity contribution in [1.82, 2.24) is 9.47 Å². The van der Waals surface area contributed by atoms with Crippen LogP contribution in [0.4, 0.5) is 0 Å². The van der Waals surface area contributed by atoms with Gasteiger partial charge >= 0.3 is 0 Å². The first-order chi connectivity index (χ1) is 11.2. The Morgan fingerprint density at radius 2 is 1.57 bits per heavy atom. The lowest BCUT2D eigenvalue weighted by Crippen LogP contribution is -2.29. The van der Waals surface area contributed by atoms with Crippen LogP contribution in [-0.2, 0) is 6.54 Å². The van der Waals surface area contributed by atoms with E-state index < -0.39 is 0 Å². The molecule has 2 heteroatoms. The molecule has 0 N–H and O–H groups in total. The predicted molar refractivity (Wildman–Crippen MR) is 98.6 cm³/mol. The molecule has 0 amide bonds. The van der Waals surface area contributed by atoms with E-state index >= 15 is 0 Å².